The second-order valence-corrected chi connectivity index (χ2v) is 0.747. The van der Waals surface area contributed by atoms with Gasteiger partial charge in [-0.15, -0.1) is 0 Å². The molecular formula is CH2F4N2. The lowest BCUT2D eigenvalue weighted by Gasteiger charge is -1.96. The number of rotatable bonds is 2. The molecule has 0 N–H and O–H groups in total. The Balaban J connectivity index is 2.95. The van der Waals surface area contributed by atoms with Gasteiger partial charge in [-0.2, -0.15) is 0 Å². The van der Waals surface area contributed by atoms with E-state index < -0.39 is 17.4 Å². The second kappa shape index (κ2) is 2.75. The monoisotopic (exact) mass is 118 g/mol. The average Bonchev–Trinajstić information content (AvgIpc) is 1.27. The topological polar surface area (TPSA) is 6.48 Å². The predicted molar refractivity (Wildman–Crippen MR) is 13.0 cm³/mol. The molecule has 0 radical (unpaired) electrons. The van der Waals surface area contributed by atoms with Crippen LogP contribution in [0.25, 0.3) is 0 Å². The molecule has 0 heterocycles. The fraction of sp³-hybridized carbons (Fsp3) is 1.00. The van der Waals surface area contributed by atoms with Gasteiger partial charge >= 0.3 is 0 Å². The normalized spacial score (nSPS) is 11.1. The molecule has 0 atom stereocenters. The highest BCUT2D eigenvalue weighted by Gasteiger charge is 2.05. The molecule has 0 bridgehead atoms. The highest BCUT2D eigenvalue weighted by Crippen LogP contribution is 1.94. The molecule has 0 aliphatic heterocycles. The zero-order valence-corrected chi connectivity index (χ0v) is 3.11. The van der Waals surface area contributed by atoms with Crippen LogP contribution < -0.4 is 0 Å². The minimum Gasteiger partial charge on any atom is -0.0999 e. The molecule has 44 valence electrons. The van der Waals surface area contributed by atoms with Crippen LogP contribution in [0.5, 0.6) is 0 Å². The van der Waals surface area contributed by atoms with Gasteiger partial charge in [0.15, 0.2) is 6.67 Å². The Kier molecular flexibility index (Phi) is 2.61. The van der Waals surface area contributed by atoms with Gasteiger partial charge in [0.1, 0.15) is 0 Å². The number of hydrogen-bond acceptors (Lipinski definition) is 2. The fourth-order valence-electron chi connectivity index (χ4n) is 0.0808. The summed E-state index contributed by atoms with van der Waals surface area (Å²) in [6.07, 6.45) is 0. The molecule has 0 saturated carbocycles. The zero-order valence-electron chi connectivity index (χ0n) is 3.11. The smallest absolute Gasteiger partial charge is 0.0999 e. The summed E-state index contributed by atoms with van der Waals surface area (Å²) in [6, 6.07) is 0. The van der Waals surface area contributed by atoms with Crippen LogP contribution in [-0.4, -0.2) is 17.4 Å². The van der Waals surface area contributed by atoms with Crippen molar-refractivity contribution >= 4 is 0 Å². The summed E-state index contributed by atoms with van der Waals surface area (Å²) in [4.78, 5) is 0. The van der Waals surface area contributed by atoms with Crippen molar-refractivity contribution in [2.45, 2.75) is 0 Å². The van der Waals surface area contributed by atoms with E-state index in [1.54, 1.807) is 0 Å². The van der Waals surface area contributed by atoms with Crippen molar-refractivity contribution in [3.05, 3.63) is 0 Å². The van der Waals surface area contributed by atoms with Crippen molar-refractivity contribution in [2.24, 2.45) is 0 Å². The third-order valence-electron chi connectivity index (χ3n) is 0.214. The molecule has 0 fully saturated rings. The van der Waals surface area contributed by atoms with Gasteiger partial charge in [0.25, 0.3) is 0 Å². The van der Waals surface area contributed by atoms with E-state index in [1.165, 1.54) is 0 Å². The molecule has 0 aromatic carbocycles. The molecule has 0 saturated heterocycles. The maximum atomic E-state index is 10.6. The van der Waals surface area contributed by atoms with Crippen LogP contribution in [-0.2, 0) is 0 Å². The van der Waals surface area contributed by atoms with Gasteiger partial charge in [-0.3, -0.25) is 0 Å². The Morgan fingerprint density at radius 2 is 1.14 bits per heavy atom. The summed E-state index contributed by atoms with van der Waals surface area (Å²) in [5.41, 5.74) is 0. The number of nitrogens with zero attached hydrogens (tertiary/aromatic N) is 2. The minimum absolute atomic E-state index is 1.62. The highest BCUT2D eigenvalue weighted by molar-refractivity contribution is 4.06. The molecule has 2 nitrogen and oxygen atoms in total. The lowest BCUT2D eigenvalue weighted by Crippen LogP contribution is -2.13. The molecule has 0 spiro atoms. The van der Waals surface area contributed by atoms with Gasteiger partial charge in [-0.1, -0.05) is 17.9 Å². The zero-order chi connectivity index (χ0) is 5.86. The van der Waals surface area contributed by atoms with E-state index in [-0.39, 0.29) is 0 Å². The first kappa shape index (κ1) is 6.64. The molecule has 0 aliphatic carbocycles. The third-order valence-corrected chi connectivity index (χ3v) is 0.214. The quantitative estimate of drug-likeness (QED) is 0.304. The van der Waals surface area contributed by atoms with E-state index in [9.17, 15) is 17.9 Å². The van der Waals surface area contributed by atoms with Crippen LogP contribution in [0.15, 0.2) is 0 Å². The van der Waals surface area contributed by atoms with Gasteiger partial charge in [-0.25, -0.2) is 0 Å². The summed E-state index contributed by atoms with van der Waals surface area (Å²) in [5, 5.41) is -3.25. The summed E-state index contributed by atoms with van der Waals surface area (Å²) in [7, 11) is 0. The largest absolute Gasteiger partial charge is 0.175 e. The fourth-order valence-corrected chi connectivity index (χ4v) is 0.0808. The predicted octanol–water partition coefficient (Wildman–Crippen LogP) is 1.09. The Morgan fingerprint density at radius 1 is 0.857 bits per heavy atom. The van der Waals surface area contributed by atoms with Gasteiger partial charge in [0.05, 0.1) is 0 Å². The molecule has 6 heteroatoms. The number of halogens is 4. The van der Waals surface area contributed by atoms with Gasteiger partial charge in [0.2, 0.25) is 0 Å². The molecule has 0 aromatic rings. The van der Waals surface area contributed by atoms with E-state index in [2.05, 4.69) is 0 Å². The van der Waals surface area contributed by atoms with Gasteiger partial charge in [0, 0.05) is 10.7 Å². The van der Waals surface area contributed by atoms with Crippen LogP contribution in [0.2, 0.25) is 0 Å². The maximum Gasteiger partial charge on any atom is 0.175 e. The Labute approximate surface area is 36.7 Å². The third kappa shape index (κ3) is 5.64. The average molecular weight is 118 g/mol. The highest BCUT2D eigenvalue weighted by atomic mass is 19.4. The standard InChI is InChI=1S/CH2F4N2/c2-6(3)1-7(4)5/h1H2. The van der Waals surface area contributed by atoms with Gasteiger partial charge in [-0.05, 0) is 0 Å². The first-order chi connectivity index (χ1) is 3.13. The van der Waals surface area contributed by atoms with Crippen LogP contribution in [0.3, 0.4) is 0 Å². The molecule has 0 rings (SSSR count). The minimum atomic E-state index is -1.64. The lowest BCUT2D eigenvalue weighted by atomic mass is 11.2. The number of hydrogen-bond donors (Lipinski definition) is 0. The van der Waals surface area contributed by atoms with Crippen LogP contribution in [0.4, 0.5) is 17.9 Å². The van der Waals surface area contributed by atoms with Crippen molar-refractivity contribution in [3.8, 4) is 0 Å². The van der Waals surface area contributed by atoms with E-state index >= 15 is 0 Å². The first-order valence-electron chi connectivity index (χ1n) is 1.31. The maximum absolute atomic E-state index is 10.6. The molecule has 7 heavy (non-hydrogen) atoms. The van der Waals surface area contributed by atoms with Gasteiger partial charge < -0.3 is 0 Å². The van der Waals surface area contributed by atoms with Crippen molar-refractivity contribution in [3.63, 3.8) is 0 Å². The summed E-state index contributed by atoms with van der Waals surface area (Å²) in [6.45, 7) is -1.64. The lowest BCUT2D eigenvalue weighted by molar-refractivity contribution is -0.270. The van der Waals surface area contributed by atoms with E-state index in [1.807, 2.05) is 0 Å². The molecule has 0 unspecified atom stereocenters. The summed E-state index contributed by atoms with van der Waals surface area (Å²) >= 11 is 0. The van der Waals surface area contributed by atoms with Crippen LogP contribution in [0, 0.1) is 0 Å². The summed E-state index contributed by atoms with van der Waals surface area (Å²) in [5.74, 6) is 0. The summed E-state index contributed by atoms with van der Waals surface area (Å²) < 4.78 is 42.4. The Bertz CT molecular complexity index is 39.0. The molecule has 0 aliphatic rings. The van der Waals surface area contributed by atoms with Crippen molar-refractivity contribution in [1.82, 2.24) is 10.7 Å². The van der Waals surface area contributed by atoms with E-state index in [0.717, 1.165) is 0 Å². The Morgan fingerprint density at radius 3 is 1.14 bits per heavy atom. The molecule has 0 amide bonds. The van der Waals surface area contributed by atoms with Crippen LogP contribution in [0.1, 0.15) is 0 Å². The SMILES string of the molecule is FN(F)CN(F)F. The van der Waals surface area contributed by atoms with E-state index in [4.69, 9.17) is 0 Å². The Hall–Kier alpha value is -0.360. The van der Waals surface area contributed by atoms with Crippen molar-refractivity contribution in [1.29, 1.82) is 0 Å². The molecular weight excluding hydrogens is 116 g/mol. The second-order valence-electron chi connectivity index (χ2n) is 0.747. The van der Waals surface area contributed by atoms with Crippen LogP contribution >= 0.6 is 0 Å². The molecule has 0 aromatic heterocycles. The van der Waals surface area contributed by atoms with Crippen molar-refractivity contribution < 1.29 is 17.9 Å². The first-order valence-corrected chi connectivity index (χ1v) is 1.31. The van der Waals surface area contributed by atoms with E-state index in [0.29, 0.717) is 0 Å². The van der Waals surface area contributed by atoms with Crippen molar-refractivity contribution in [2.75, 3.05) is 6.67 Å².